The summed E-state index contributed by atoms with van der Waals surface area (Å²) in [5.74, 6) is 2.39. The van der Waals surface area contributed by atoms with Gasteiger partial charge in [0.2, 0.25) is 0 Å². The first kappa shape index (κ1) is 16.7. The monoisotopic (exact) mass is 366 g/mol. The molecule has 5 nitrogen and oxygen atoms in total. The summed E-state index contributed by atoms with van der Waals surface area (Å²) in [6, 6.07) is 16.5. The Morgan fingerprint density at radius 1 is 1.07 bits per heavy atom. The van der Waals surface area contributed by atoms with Crippen LogP contribution in [-0.2, 0) is 6.42 Å². The second kappa shape index (κ2) is 6.64. The van der Waals surface area contributed by atoms with Crippen LogP contribution in [-0.4, -0.2) is 36.5 Å². The van der Waals surface area contributed by atoms with E-state index in [9.17, 15) is 0 Å². The largest absolute Gasteiger partial charge is 0.497 e. The van der Waals surface area contributed by atoms with Gasteiger partial charge < -0.3 is 9.64 Å². The molecule has 0 saturated heterocycles. The normalized spacial score (nSPS) is 13.0. The molecule has 2 aromatic heterocycles. The standard InChI is InChI=1S/C22H19BN4O/c1-28-17-5-6-19-18(12-17)22(26-21(25-19)15-3-2-9-24-13-15)27-10-8-14-11-16(23)4-7-20(14)27/h2-7,9,11-13H,8,10,23H2,1H3. The first-order valence-electron chi connectivity index (χ1n) is 9.36. The van der Waals surface area contributed by atoms with Gasteiger partial charge in [-0.1, -0.05) is 17.6 Å². The number of anilines is 2. The molecule has 4 aromatic rings. The highest BCUT2D eigenvalue weighted by Gasteiger charge is 2.24. The topological polar surface area (TPSA) is 51.1 Å². The number of rotatable bonds is 3. The fourth-order valence-electron chi connectivity index (χ4n) is 3.80. The van der Waals surface area contributed by atoms with Crippen molar-refractivity contribution in [2.45, 2.75) is 6.42 Å². The van der Waals surface area contributed by atoms with Gasteiger partial charge in [0, 0.05) is 35.6 Å². The molecule has 3 heterocycles. The maximum atomic E-state index is 5.46. The number of hydrogen-bond acceptors (Lipinski definition) is 5. The molecule has 136 valence electrons. The number of ether oxygens (including phenoxy) is 1. The van der Waals surface area contributed by atoms with E-state index >= 15 is 0 Å². The van der Waals surface area contributed by atoms with Crippen LogP contribution in [0.4, 0.5) is 11.5 Å². The fourth-order valence-corrected chi connectivity index (χ4v) is 3.80. The molecule has 1 aliphatic rings. The van der Waals surface area contributed by atoms with E-state index in [2.05, 4.69) is 35.9 Å². The van der Waals surface area contributed by atoms with Gasteiger partial charge in [-0.3, -0.25) is 4.98 Å². The van der Waals surface area contributed by atoms with Crippen LogP contribution in [0.3, 0.4) is 0 Å². The molecule has 0 aliphatic carbocycles. The van der Waals surface area contributed by atoms with Crippen LogP contribution in [0.5, 0.6) is 5.75 Å². The molecule has 0 N–H and O–H groups in total. The number of aromatic nitrogens is 3. The molecule has 0 saturated carbocycles. The van der Waals surface area contributed by atoms with Crippen molar-refractivity contribution in [1.82, 2.24) is 15.0 Å². The molecule has 6 heteroatoms. The van der Waals surface area contributed by atoms with E-state index in [0.717, 1.165) is 41.0 Å². The highest BCUT2D eigenvalue weighted by Crippen LogP contribution is 2.38. The summed E-state index contributed by atoms with van der Waals surface area (Å²) in [7, 11) is 3.81. The Kier molecular flexibility index (Phi) is 3.97. The Morgan fingerprint density at radius 2 is 2.00 bits per heavy atom. The molecule has 0 atom stereocenters. The zero-order chi connectivity index (χ0) is 19.1. The maximum Gasteiger partial charge on any atom is 0.163 e. The van der Waals surface area contributed by atoms with Crippen molar-refractivity contribution in [3.05, 3.63) is 66.5 Å². The predicted molar refractivity (Wildman–Crippen MR) is 115 cm³/mol. The number of fused-ring (bicyclic) bond motifs is 2. The summed E-state index contributed by atoms with van der Waals surface area (Å²) in [5, 5.41) is 0.986. The molecule has 0 radical (unpaired) electrons. The van der Waals surface area contributed by atoms with Crippen molar-refractivity contribution in [3.63, 3.8) is 0 Å². The summed E-state index contributed by atoms with van der Waals surface area (Å²) in [6.07, 6.45) is 4.57. The molecule has 0 fully saturated rings. The van der Waals surface area contributed by atoms with Crippen LogP contribution in [0, 0.1) is 0 Å². The third-order valence-electron chi connectivity index (χ3n) is 5.19. The van der Waals surface area contributed by atoms with Crippen LogP contribution in [0.2, 0.25) is 0 Å². The molecule has 1 aliphatic heterocycles. The van der Waals surface area contributed by atoms with Crippen molar-refractivity contribution < 1.29 is 4.74 Å². The van der Waals surface area contributed by atoms with E-state index in [1.54, 1.807) is 19.5 Å². The van der Waals surface area contributed by atoms with Crippen molar-refractivity contribution >= 4 is 35.7 Å². The molecule has 2 aromatic carbocycles. The molecule has 0 unspecified atom stereocenters. The maximum absolute atomic E-state index is 5.46. The Balaban J connectivity index is 1.75. The number of benzene rings is 2. The first-order chi connectivity index (χ1) is 13.7. The lowest BCUT2D eigenvalue weighted by Crippen LogP contribution is -2.16. The summed E-state index contributed by atoms with van der Waals surface area (Å²) < 4.78 is 5.46. The zero-order valence-electron chi connectivity index (χ0n) is 15.9. The van der Waals surface area contributed by atoms with Crippen molar-refractivity contribution in [1.29, 1.82) is 0 Å². The van der Waals surface area contributed by atoms with Crippen molar-refractivity contribution in [3.8, 4) is 17.1 Å². The number of hydrogen-bond donors (Lipinski definition) is 0. The number of methoxy groups -OCH3 is 1. The van der Waals surface area contributed by atoms with Gasteiger partial charge in [0.15, 0.2) is 5.82 Å². The highest BCUT2D eigenvalue weighted by atomic mass is 16.5. The van der Waals surface area contributed by atoms with Gasteiger partial charge in [0.05, 0.1) is 12.6 Å². The SMILES string of the molecule is Bc1ccc2c(c1)CCN2c1nc(-c2cccnc2)nc2ccc(OC)cc12. The highest BCUT2D eigenvalue weighted by molar-refractivity contribution is 6.32. The molecule has 0 amide bonds. The lowest BCUT2D eigenvalue weighted by Gasteiger charge is -2.21. The third-order valence-corrected chi connectivity index (χ3v) is 5.19. The number of nitrogens with zero attached hydrogens (tertiary/aromatic N) is 4. The Hall–Kier alpha value is -3.41. The lowest BCUT2D eigenvalue weighted by atomic mass is 9.93. The summed E-state index contributed by atoms with van der Waals surface area (Å²) in [4.78, 5) is 16.3. The second-order valence-electron chi connectivity index (χ2n) is 7.03. The third kappa shape index (κ3) is 2.78. The second-order valence-corrected chi connectivity index (χ2v) is 7.03. The lowest BCUT2D eigenvalue weighted by molar-refractivity contribution is 0.415. The predicted octanol–water partition coefficient (Wildman–Crippen LogP) is 2.65. The molecular formula is C22H19BN4O. The van der Waals surface area contributed by atoms with Gasteiger partial charge in [-0.25, -0.2) is 9.97 Å². The van der Waals surface area contributed by atoms with Crippen LogP contribution in [0.25, 0.3) is 22.3 Å². The van der Waals surface area contributed by atoms with Crippen LogP contribution < -0.4 is 15.1 Å². The van der Waals surface area contributed by atoms with E-state index in [0.29, 0.717) is 5.82 Å². The van der Waals surface area contributed by atoms with Gasteiger partial charge in [-0.05, 0) is 48.4 Å². The van der Waals surface area contributed by atoms with Crippen molar-refractivity contribution in [2.75, 3.05) is 18.6 Å². The molecular weight excluding hydrogens is 347 g/mol. The van der Waals surface area contributed by atoms with Crippen molar-refractivity contribution in [2.24, 2.45) is 0 Å². The summed E-state index contributed by atoms with van der Waals surface area (Å²) >= 11 is 0. The van der Waals surface area contributed by atoms with E-state index in [-0.39, 0.29) is 0 Å². The van der Waals surface area contributed by atoms with Gasteiger partial charge >= 0.3 is 0 Å². The quantitative estimate of drug-likeness (QED) is 0.522. The van der Waals surface area contributed by atoms with Gasteiger partial charge in [-0.15, -0.1) is 0 Å². The van der Waals surface area contributed by atoms with E-state index in [1.165, 1.54) is 16.7 Å². The first-order valence-corrected chi connectivity index (χ1v) is 9.36. The van der Waals surface area contributed by atoms with E-state index < -0.39 is 0 Å². The molecule has 5 rings (SSSR count). The van der Waals surface area contributed by atoms with E-state index in [1.807, 2.05) is 30.3 Å². The Bertz CT molecular complexity index is 1180. The Morgan fingerprint density at radius 3 is 2.82 bits per heavy atom. The average Bonchev–Trinajstić information content (AvgIpc) is 3.16. The molecule has 28 heavy (non-hydrogen) atoms. The summed E-state index contributed by atoms with van der Waals surface area (Å²) in [6.45, 7) is 0.897. The summed E-state index contributed by atoms with van der Waals surface area (Å²) in [5.41, 5.74) is 5.66. The zero-order valence-corrected chi connectivity index (χ0v) is 15.9. The van der Waals surface area contributed by atoms with Crippen LogP contribution in [0.1, 0.15) is 5.56 Å². The fraction of sp³-hybridized carbons (Fsp3) is 0.136. The molecule has 0 bridgehead atoms. The minimum Gasteiger partial charge on any atom is -0.497 e. The van der Waals surface area contributed by atoms with Crippen LogP contribution >= 0.6 is 0 Å². The minimum absolute atomic E-state index is 0.682. The smallest absolute Gasteiger partial charge is 0.163 e. The van der Waals surface area contributed by atoms with Gasteiger partial charge in [-0.2, -0.15) is 0 Å². The van der Waals surface area contributed by atoms with Crippen LogP contribution in [0.15, 0.2) is 60.9 Å². The molecule has 0 spiro atoms. The number of pyridine rings is 1. The van der Waals surface area contributed by atoms with Gasteiger partial charge in [0.25, 0.3) is 0 Å². The van der Waals surface area contributed by atoms with Gasteiger partial charge in [0.1, 0.15) is 19.4 Å². The van der Waals surface area contributed by atoms with E-state index in [4.69, 9.17) is 14.7 Å². The Labute approximate surface area is 164 Å². The average molecular weight is 366 g/mol. The minimum atomic E-state index is 0.682.